The fourth-order valence-corrected chi connectivity index (χ4v) is 6.55. The van der Waals surface area contributed by atoms with Crippen LogP contribution in [-0.4, -0.2) is 76.7 Å². The van der Waals surface area contributed by atoms with Crippen molar-refractivity contribution < 1.29 is 42.8 Å². The summed E-state index contributed by atoms with van der Waals surface area (Å²) in [4.78, 5) is 38.1. The predicted molar refractivity (Wildman–Crippen MR) is 235 cm³/mol. The molecule has 0 aliphatic carbocycles. The summed E-state index contributed by atoms with van der Waals surface area (Å²) < 4.78 is 33.7. The van der Waals surface area contributed by atoms with Crippen molar-refractivity contribution in [2.75, 3.05) is 53.7 Å². The number of carbonyl (C=O) groups excluding carboxylic acids is 3. The first-order chi connectivity index (χ1) is 28.3. The van der Waals surface area contributed by atoms with Crippen molar-refractivity contribution in [3.63, 3.8) is 0 Å². The molecule has 0 atom stereocenters. The van der Waals surface area contributed by atoms with Gasteiger partial charge in [0.2, 0.25) is 0 Å². The van der Waals surface area contributed by atoms with Gasteiger partial charge < -0.3 is 33.3 Å². The fraction of sp³-hybridized carbons (Fsp3) is 0.812. The maximum atomic E-state index is 12.2. The van der Waals surface area contributed by atoms with E-state index in [1.807, 2.05) is 37.2 Å². The topological polar surface area (TPSA) is 110 Å². The van der Waals surface area contributed by atoms with Crippen molar-refractivity contribution in [2.45, 2.75) is 200 Å². The molecule has 0 heterocycles. The number of nitrogens with zero attached hydrogens (tertiary/aromatic N) is 1. The molecule has 0 aliphatic heterocycles. The molecule has 58 heavy (non-hydrogen) atoms. The van der Waals surface area contributed by atoms with Crippen LogP contribution in [0, 0.1) is 0 Å². The quantitative estimate of drug-likeness (QED) is 0.0360. The second-order valence-electron chi connectivity index (χ2n) is 16.1. The van der Waals surface area contributed by atoms with Gasteiger partial charge in [-0.25, -0.2) is 4.79 Å². The van der Waals surface area contributed by atoms with Crippen LogP contribution in [0.1, 0.15) is 199 Å². The summed E-state index contributed by atoms with van der Waals surface area (Å²) >= 11 is 0. The Kier molecular flexibility index (Phi) is 36.1. The van der Waals surface area contributed by atoms with Gasteiger partial charge in [-0.15, -0.1) is 0 Å². The lowest BCUT2D eigenvalue weighted by atomic mass is 10.1. The van der Waals surface area contributed by atoms with Gasteiger partial charge >= 0.3 is 18.1 Å². The Morgan fingerprint density at radius 3 is 1.38 bits per heavy atom. The van der Waals surface area contributed by atoms with Gasteiger partial charge in [0.1, 0.15) is 24.7 Å². The zero-order chi connectivity index (χ0) is 42.2. The molecule has 10 nitrogen and oxygen atoms in total. The Morgan fingerprint density at radius 2 is 0.897 bits per heavy atom. The third kappa shape index (κ3) is 33.9. The van der Waals surface area contributed by atoms with Gasteiger partial charge in [-0.05, 0) is 70.8 Å². The number of carbonyl (C=O) groups is 3. The molecule has 1 rings (SSSR count). The highest BCUT2D eigenvalue weighted by molar-refractivity contribution is 5.69. The van der Waals surface area contributed by atoms with E-state index in [-0.39, 0.29) is 25.2 Å². The molecule has 1 aromatic carbocycles. The fourth-order valence-electron chi connectivity index (χ4n) is 6.55. The van der Waals surface area contributed by atoms with Gasteiger partial charge in [-0.1, -0.05) is 142 Å². The Bertz CT molecular complexity index is 1130. The predicted octanol–water partition coefficient (Wildman–Crippen LogP) is 12.7. The Balaban J connectivity index is 2.27. The van der Waals surface area contributed by atoms with Gasteiger partial charge in [0.25, 0.3) is 0 Å². The van der Waals surface area contributed by atoms with Gasteiger partial charge in [-0.3, -0.25) is 9.59 Å². The summed E-state index contributed by atoms with van der Waals surface area (Å²) in [7, 11) is 3.84. The van der Waals surface area contributed by atoms with Crippen molar-refractivity contribution in [1.29, 1.82) is 0 Å². The molecule has 0 amide bonds. The van der Waals surface area contributed by atoms with E-state index in [2.05, 4.69) is 13.8 Å². The summed E-state index contributed by atoms with van der Waals surface area (Å²) in [5, 5.41) is 0. The van der Waals surface area contributed by atoms with Crippen LogP contribution in [0.25, 0.3) is 0 Å². The number of hydrogen-bond donors (Lipinski definition) is 0. The first-order valence-electron chi connectivity index (χ1n) is 23.5. The number of unbranched alkanes of at least 4 members (excludes halogenated alkanes) is 22. The molecular weight excluding hydrogens is 735 g/mol. The van der Waals surface area contributed by atoms with Crippen molar-refractivity contribution in [1.82, 2.24) is 4.90 Å². The zero-order valence-corrected chi connectivity index (χ0v) is 37.6. The van der Waals surface area contributed by atoms with Gasteiger partial charge in [0, 0.05) is 24.9 Å². The van der Waals surface area contributed by atoms with E-state index < -0.39 is 6.16 Å². The van der Waals surface area contributed by atoms with E-state index in [9.17, 15) is 14.4 Å². The third-order valence-electron chi connectivity index (χ3n) is 10.2. The Morgan fingerprint density at radius 1 is 0.466 bits per heavy atom. The van der Waals surface area contributed by atoms with Crippen LogP contribution in [0.2, 0.25) is 0 Å². The molecule has 10 heteroatoms. The van der Waals surface area contributed by atoms with Crippen LogP contribution < -0.4 is 9.47 Å². The van der Waals surface area contributed by atoms with E-state index in [4.69, 9.17) is 28.4 Å². The number of benzene rings is 1. The first-order valence-corrected chi connectivity index (χ1v) is 23.5. The number of esters is 2. The van der Waals surface area contributed by atoms with Crippen molar-refractivity contribution >= 4 is 18.1 Å². The molecule has 0 fully saturated rings. The summed E-state index contributed by atoms with van der Waals surface area (Å²) in [6.07, 6.45) is 29.6. The molecular formula is C48H85NO9. The molecule has 0 aliphatic rings. The summed E-state index contributed by atoms with van der Waals surface area (Å²) in [5.41, 5.74) is 0.742. The minimum Gasteiger partial charge on any atom is -0.494 e. The smallest absolute Gasteiger partial charge is 0.494 e. The lowest BCUT2D eigenvalue weighted by Crippen LogP contribution is -2.20. The normalized spacial score (nSPS) is 11.1. The lowest BCUT2D eigenvalue weighted by molar-refractivity contribution is -0.144. The molecule has 336 valence electrons. The Labute approximate surface area is 354 Å². The number of hydrogen-bond acceptors (Lipinski definition) is 10. The Hall–Kier alpha value is -3.01. The average Bonchev–Trinajstić information content (AvgIpc) is 3.21. The molecule has 0 bridgehead atoms. The number of ether oxygens (including phenoxy) is 6. The standard InChI is InChI=1S/C48H85NO9/c1-5-7-9-11-13-19-25-31-46(50)55-38-29-23-17-15-21-27-36-53-44-33-34-45(43(41-44)42-58-48(52)57-40-35-49(3)4)54-37-28-22-16-18-24-30-39-56-47(51)32-26-20-14-12-10-8-6-2/h33-34,41H,5-32,35-40,42H2,1-4H3. The molecule has 0 spiro atoms. The third-order valence-corrected chi connectivity index (χ3v) is 10.2. The average molecular weight is 820 g/mol. The minimum absolute atomic E-state index is 0.0331. The minimum atomic E-state index is -0.705. The molecule has 0 unspecified atom stereocenters. The highest BCUT2D eigenvalue weighted by atomic mass is 16.7. The van der Waals surface area contributed by atoms with Crippen LogP contribution in [0.15, 0.2) is 18.2 Å². The lowest BCUT2D eigenvalue weighted by Gasteiger charge is -2.15. The SMILES string of the molecule is CCCCCCCCCC(=O)OCCCCCCCCOc1ccc(OCCCCCCCCOC(=O)CCCCCCCCC)c(COC(=O)OCCN(C)C)c1. The maximum Gasteiger partial charge on any atom is 0.508 e. The largest absolute Gasteiger partial charge is 0.508 e. The van der Waals surface area contributed by atoms with E-state index in [1.165, 1.54) is 64.2 Å². The van der Waals surface area contributed by atoms with Crippen LogP contribution in [-0.2, 0) is 35.1 Å². The van der Waals surface area contributed by atoms with Crippen LogP contribution in [0.4, 0.5) is 4.79 Å². The summed E-state index contributed by atoms with van der Waals surface area (Å²) in [6.45, 7) is 7.58. The van der Waals surface area contributed by atoms with Gasteiger partial charge in [-0.2, -0.15) is 0 Å². The number of likely N-dealkylation sites (N-methyl/N-ethyl adjacent to an activating group) is 1. The zero-order valence-electron chi connectivity index (χ0n) is 37.6. The second kappa shape index (κ2) is 39.5. The van der Waals surface area contributed by atoms with Crippen molar-refractivity contribution in [2.24, 2.45) is 0 Å². The molecule has 0 saturated heterocycles. The highest BCUT2D eigenvalue weighted by Gasteiger charge is 2.12. The van der Waals surface area contributed by atoms with Gasteiger partial charge in [0.05, 0.1) is 26.4 Å². The monoisotopic (exact) mass is 820 g/mol. The van der Waals surface area contributed by atoms with Crippen LogP contribution in [0.5, 0.6) is 11.5 Å². The molecule has 0 saturated carbocycles. The second-order valence-corrected chi connectivity index (χ2v) is 16.1. The van der Waals surface area contributed by atoms with Crippen LogP contribution >= 0.6 is 0 Å². The summed E-state index contributed by atoms with van der Waals surface area (Å²) in [5.74, 6) is 1.29. The molecule has 1 aromatic rings. The number of rotatable bonds is 41. The molecule has 0 radical (unpaired) electrons. The van der Waals surface area contributed by atoms with Crippen molar-refractivity contribution in [3.05, 3.63) is 23.8 Å². The molecule has 0 N–H and O–H groups in total. The maximum absolute atomic E-state index is 12.2. The van der Waals surface area contributed by atoms with E-state index in [0.29, 0.717) is 57.3 Å². The highest BCUT2D eigenvalue weighted by Crippen LogP contribution is 2.26. The van der Waals surface area contributed by atoms with Crippen LogP contribution in [0.3, 0.4) is 0 Å². The first kappa shape index (κ1) is 53.0. The summed E-state index contributed by atoms with van der Waals surface area (Å²) in [6, 6.07) is 5.69. The van der Waals surface area contributed by atoms with Crippen molar-refractivity contribution in [3.8, 4) is 11.5 Å². The molecule has 0 aromatic heterocycles. The van der Waals surface area contributed by atoms with E-state index in [1.54, 1.807) is 0 Å². The van der Waals surface area contributed by atoms with Gasteiger partial charge in [0.15, 0.2) is 0 Å². The van der Waals surface area contributed by atoms with E-state index >= 15 is 0 Å². The van der Waals surface area contributed by atoms with E-state index in [0.717, 1.165) is 108 Å².